The van der Waals surface area contributed by atoms with Crippen molar-refractivity contribution in [1.82, 2.24) is 0 Å². The Hall–Kier alpha value is -1.36. The normalized spacial score (nSPS) is 9.69. The molecule has 0 heterocycles. The summed E-state index contributed by atoms with van der Waals surface area (Å²) in [6.07, 6.45) is 0. The van der Waals surface area contributed by atoms with Crippen LogP contribution in [0.1, 0.15) is 12.5 Å². The summed E-state index contributed by atoms with van der Waals surface area (Å²) in [6, 6.07) is 4.24. The molecule has 5 heteroatoms. The molecule has 0 fully saturated rings. The zero-order valence-corrected chi connectivity index (χ0v) is 7.84. The van der Waals surface area contributed by atoms with Gasteiger partial charge in [-0.25, -0.2) is 0 Å². The largest absolute Gasteiger partial charge is 0.305 e. The van der Waals surface area contributed by atoms with Crippen LogP contribution in [0.25, 0.3) is 0 Å². The predicted octanol–water partition coefficient (Wildman–Crippen LogP) is 2.27. The molecule has 1 rings (SSSR count). The number of benzene rings is 1. The Morgan fingerprint density at radius 2 is 2.23 bits per heavy atom. The molecule has 0 bridgehead atoms. The van der Waals surface area contributed by atoms with E-state index >= 15 is 0 Å². The van der Waals surface area contributed by atoms with E-state index in [1.54, 1.807) is 6.92 Å². The van der Waals surface area contributed by atoms with Crippen molar-refractivity contribution in [2.75, 3.05) is 0 Å². The van der Waals surface area contributed by atoms with E-state index in [-0.39, 0.29) is 11.4 Å². The van der Waals surface area contributed by atoms with E-state index in [4.69, 9.17) is 5.41 Å². The SMILES string of the molecule is CC(=N)c1cc([N+](=O)[O-])ccc1S. The molecule has 1 aromatic carbocycles. The predicted molar refractivity (Wildman–Crippen MR) is 52.9 cm³/mol. The van der Waals surface area contributed by atoms with E-state index in [2.05, 4.69) is 12.6 Å². The van der Waals surface area contributed by atoms with Gasteiger partial charge in [0.15, 0.2) is 0 Å². The third-order valence-electron chi connectivity index (χ3n) is 1.59. The third-order valence-corrected chi connectivity index (χ3v) is 1.98. The molecular formula is C8H8N2O2S. The molecule has 0 aliphatic rings. The molecule has 1 aromatic rings. The maximum absolute atomic E-state index is 10.4. The Morgan fingerprint density at radius 1 is 1.62 bits per heavy atom. The van der Waals surface area contributed by atoms with Crippen molar-refractivity contribution in [2.24, 2.45) is 0 Å². The Morgan fingerprint density at radius 3 is 2.69 bits per heavy atom. The van der Waals surface area contributed by atoms with Crippen LogP contribution in [0.2, 0.25) is 0 Å². The highest BCUT2D eigenvalue weighted by Gasteiger charge is 2.09. The quantitative estimate of drug-likeness (QED) is 0.330. The number of hydrogen-bond donors (Lipinski definition) is 2. The number of hydrogen-bond acceptors (Lipinski definition) is 4. The number of nitrogens with zero attached hydrogens (tertiary/aromatic N) is 1. The van der Waals surface area contributed by atoms with Crippen LogP contribution in [-0.4, -0.2) is 10.6 Å². The van der Waals surface area contributed by atoms with Crippen LogP contribution < -0.4 is 0 Å². The minimum atomic E-state index is -0.486. The molecule has 0 saturated carbocycles. The fourth-order valence-corrected chi connectivity index (χ4v) is 1.24. The lowest BCUT2D eigenvalue weighted by atomic mass is 10.1. The van der Waals surface area contributed by atoms with Crippen LogP contribution in [0.5, 0.6) is 0 Å². The Balaban J connectivity index is 3.27. The topological polar surface area (TPSA) is 67.0 Å². The van der Waals surface area contributed by atoms with Gasteiger partial charge in [0.2, 0.25) is 0 Å². The first-order valence-electron chi connectivity index (χ1n) is 3.55. The summed E-state index contributed by atoms with van der Waals surface area (Å²) in [4.78, 5) is 10.5. The van der Waals surface area contributed by atoms with Gasteiger partial charge < -0.3 is 5.41 Å². The average molecular weight is 196 g/mol. The summed E-state index contributed by atoms with van der Waals surface area (Å²) in [7, 11) is 0. The molecule has 0 aliphatic carbocycles. The molecule has 68 valence electrons. The molecular weight excluding hydrogens is 188 g/mol. The average Bonchev–Trinajstić information content (AvgIpc) is 2.04. The van der Waals surface area contributed by atoms with Crippen molar-refractivity contribution >= 4 is 24.0 Å². The van der Waals surface area contributed by atoms with Gasteiger partial charge in [0, 0.05) is 28.3 Å². The van der Waals surface area contributed by atoms with E-state index < -0.39 is 4.92 Å². The number of nitro benzene ring substituents is 1. The number of rotatable bonds is 2. The first kappa shape index (κ1) is 9.73. The van der Waals surface area contributed by atoms with Crippen molar-refractivity contribution in [3.63, 3.8) is 0 Å². The van der Waals surface area contributed by atoms with Crippen LogP contribution >= 0.6 is 12.6 Å². The maximum atomic E-state index is 10.4. The van der Waals surface area contributed by atoms with Gasteiger partial charge in [-0.05, 0) is 13.0 Å². The minimum absolute atomic E-state index is 0.0144. The van der Waals surface area contributed by atoms with Crippen molar-refractivity contribution in [2.45, 2.75) is 11.8 Å². The first-order chi connectivity index (χ1) is 6.02. The summed E-state index contributed by atoms with van der Waals surface area (Å²) in [5.41, 5.74) is 0.755. The summed E-state index contributed by atoms with van der Waals surface area (Å²) >= 11 is 4.09. The maximum Gasteiger partial charge on any atom is 0.270 e. The van der Waals surface area contributed by atoms with Crippen molar-refractivity contribution in [3.05, 3.63) is 33.9 Å². The molecule has 0 spiro atoms. The van der Waals surface area contributed by atoms with Gasteiger partial charge in [0.25, 0.3) is 5.69 Å². The highest BCUT2D eigenvalue weighted by Crippen LogP contribution is 2.20. The second-order valence-corrected chi connectivity index (χ2v) is 3.07. The molecule has 1 N–H and O–H groups in total. The number of thiol groups is 1. The summed E-state index contributed by atoms with van der Waals surface area (Å²) in [5, 5.41) is 17.7. The minimum Gasteiger partial charge on any atom is -0.305 e. The molecule has 0 aromatic heterocycles. The van der Waals surface area contributed by atoms with Crippen LogP contribution in [-0.2, 0) is 0 Å². The highest BCUT2D eigenvalue weighted by molar-refractivity contribution is 7.80. The van der Waals surface area contributed by atoms with E-state index in [0.717, 1.165) is 0 Å². The summed E-state index contributed by atoms with van der Waals surface area (Å²) in [6.45, 7) is 1.57. The van der Waals surface area contributed by atoms with Crippen LogP contribution in [0.4, 0.5) is 5.69 Å². The molecule has 0 atom stereocenters. The highest BCUT2D eigenvalue weighted by atomic mass is 32.1. The summed E-state index contributed by atoms with van der Waals surface area (Å²) < 4.78 is 0. The Labute approximate surface area is 80.7 Å². The smallest absolute Gasteiger partial charge is 0.270 e. The van der Waals surface area contributed by atoms with Gasteiger partial charge in [-0.1, -0.05) is 0 Å². The molecule has 0 unspecified atom stereocenters. The van der Waals surface area contributed by atoms with Crippen LogP contribution in [0.15, 0.2) is 23.1 Å². The number of non-ortho nitro benzene ring substituents is 1. The molecule has 0 saturated heterocycles. The van der Waals surface area contributed by atoms with Gasteiger partial charge in [-0.2, -0.15) is 0 Å². The Bertz CT molecular complexity index is 376. The van der Waals surface area contributed by atoms with Gasteiger partial charge in [0.1, 0.15) is 0 Å². The zero-order chi connectivity index (χ0) is 10.0. The molecule has 4 nitrogen and oxygen atoms in total. The van der Waals surface area contributed by atoms with E-state index in [1.807, 2.05) is 0 Å². The lowest BCUT2D eigenvalue weighted by Crippen LogP contribution is -1.96. The molecule has 0 aliphatic heterocycles. The Kier molecular flexibility index (Phi) is 2.67. The van der Waals surface area contributed by atoms with Crippen molar-refractivity contribution in [3.8, 4) is 0 Å². The molecule has 13 heavy (non-hydrogen) atoms. The fraction of sp³-hybridized carbons (Fsp3) is 0.125. The van der Waals surface area contributed by atoms with Crippen LogP contribution in [0, 0.1) is 15.5 Å². The van der Waals surface area contributed by atoms with Crippen LogP contribution in [0.3, 0.4) is 0 Å². The number of nitrogens with one attached hydrogen (secondary N) is 1. The van der Waals surface area contributed by atoms with E-state index in [9.17, 15) is 10.1 Å². The monoisotopic (exact) mass is 196 g/mol. The summed E-state index contributed by atoms with van der Waals surface area (Å²) in [5.74, 6) is 0. The van der Waals surface area contributed by atoms with Gasteiger partial charge in [0.05, 0.1) is 4.92 Å². The fourth-order valence-electron chi connectivity index (χ4n) is 0.938. The molecule has 0 amide bonds. The molecule has 0 radical (unpaired) electrons. The van der Waals surface area contributed by atoms with Gasteiger partial charge in [-0.3, -0.25) is 10.1 Å². The number of nitro groups is 1. The lowest BCUT2D eigenvalue weighted by molar-refractivity contribution is -0.384. The first-order valence-corrected chi connectivity index (χ1v) is 4.00. The van der Waals surface area contributed by atoms with Crippen molar-refractivity contribution in [1.29, 1.82) is 5.41 Å². The lowest BCUT2D eigenvalue weighted by Gasteiger charge is -2.01. The van der Waals surface area contributed by atoms with Gasteiger partial charge >= 0.3 is 0 Å². The van der Waals surface area contributed by atoms with E-state index in [0.29, 0.717) is 10.5 Å². The zero-order valence-electron chi connectivity index (χ0n) is 6.94. The van der Waals surface area contributed by atoms with Gasteiger partial charge in [-0.15, -0.1) is 12.6 Å². The second-order valence-electron chi connectivity index (χ2n) is 2.58. The third kappa shape index (κ3) is 2.06. The van der Waals surface area contributed by atoms with Crippen molar-refractivity contribution < 1.29 is 4.92 Å². The van der Waals surface area contributed by atoms with E-state index in [1.165, 1.54) is 18.2 Å². The standard InChI is InChI=1S/C8H8N2O2S/c1-5(9)7-4-6(10(11)12)2-3-8(7)13/h2-4,9,13H,1H3. The second kappa shape index (κ2) is 3.57.